The SMILES string of the molecule is Cc1cc(OCC(=O)O)ccc1NC(=O)c1cc(C)n(C(C)C)c1C. The first-order valence-electron chi connectivity index (χ1n) is 8.15. The zero-order valence-corrected chi connectivity index (χ0v) is 15.2. The van der Waals surface area contributed by atoms with Crippen molar-refractivity contribution in [3.05, 3.63) is 46.8 Å². The highest BCUT2D eigenvalue weighted by Gasteiger charge is 2.17. The first-order chi connectivity index (χ1) is 11.7. The lowest BCUT2D eigenvalue weighted by Crippen LogP contribution is -2.15. The minimum absolute atomic E-state index is 0.165. The molecule has 134 valence electrons. The van der Waals surface area contributed by atoms with Gasteiger partial charge in [-0.25, -0.2) is 4.79 Å². The third kappa shape index (κ3) is 4.21. The molecule has 0 aliphatic heterocycles. The standard InChI is InChI=1S/C19H24N2O4/c1-11(2)21-13(4)9-16(14(21)5)19(24)20-17-7-6-15(8-12(17)3)25-10-18(22)23/h6-9,11H,10H2,1-5H3,(H,20,24)(H,22,23). The molecule has 0 fully saturated rings. The number of carbonyl (C=O) groups excluding carboxylic acids is 1. The fraction of sp³-hybridized carbons (Fsp3) is 0.368. The van der Waals surface area contributed by atoms with Crippen LogP contribution in [0.4, 0.5) is 5.69 Å². The molecule has 0 spiro atoms. The van der Waals surface area contributed by atoms with Gasteiger partial charge in [-0.2, -0.15) is 0 Å². The second kappa shape index (κ2) is 7.42. The number of aryl methyl sites for hydroxylation is 2. The molecule has 2 aromatic rings. The summed E-state index contributed by atoms with van der Waals surface area (Å²) >= 11 is 0. The Morgan fingerprint density at radius 3 is 2.40 bits per heavy atom. The molecule has 0 aliphatic carbocycles. The number of nitrogens with zero attached hydrogens (tertiary/aromatic N) is 1. The third-order valence-electron chi connectivity index (χ3n) is 4.05. The number of nitrogens with one attached hydrogen (secondary N) is 1. The highest BCUT2D eigenvalue weighted by Crippen LogP contribution is 2.24. The molecule has 6 heteroatoms. The summed E-state index contributed by atoms with van der Waals surface area (Å²) < 4.78 is 7.27. The zero-order chi connectivity index (χ0) is 18.7. The number of carboxylic acid groups (broad SMARTS) is 1. The Morgan fingerprint density at radius 2 is 1.88 bits per heavy atom. The summed E-state index contributed by atoms with van der Waals surface area (Å²) in [6.07, 6.45) is 0. The minimum Gasteiger partial charge on any atom is -0.482 e. The van der Waals surface area contributed by atoms with Gasteiger partial charge in [0, 0.05) is 23.1 Å². The van der Waals surface area contributed by atoms with E-state index >= 15 is 0 Å². The molecule has 1 heterocycles. The molecule has 1 amide bonds. The van der Waals surface area contributed by atoms with Crippen molar-refractivity contribution in [3.63, 3.8) is 0 Å². The molecule has 0 radical (unpaired) electrons. The molecular weight excluding hydrogens is 320 g/mol. The van der Waals surface area contributed by atoms with Crippen LogP contribution in [0.1, 0.15) is 47.2 Å². The highest BCUT2D eigenvalue weighted by molar-refractivity contribution is 6.05. The predicted molar refractivity (Wildman–Crippen MR) is 96.6 cm³/mol. The van der Waals surface area contributed by atoms with E-state index in [1.807, 2.05) is 26.8 Å². The Kier molecular flexibility index (Phi) is 5.51. The Balaban J connectivity index is 2.18. The number of hydrogen-bond donors (Lipinski definition) is 2. The highest BCUT2D eigenvalue weighted by atomic mass is 16.5. The molecule has 1 aromatic heterocycles. The van der Waals surface area contributed by atoms with Crippen LogP contribution in [-0.4, -0.2) is 28.2 Å². The van der Waals surface area contributed by atoms with E-state index in [1.54, 1.807) is 18.2 Å². The topological polar surface area (TPSA) is 80.6 Å². The van der Waals surface area contributed by atoms with Crippen LogP contribution in [0.2, 0.25) is 0 Å². The molecule has 0 aliphatic rings. The van der Waals surface area contributed by atoms with Gasteiger partial charge in [-0.15, -0.1) is 0 Å². The van der Waals surface area contributed by atoms with E-state index in [-0.39, 0.29) is 11.9 Å². The van der Waals surface area contributed by atoms with Crippen molar-refractivity contribution >= 4 is 17.6 Å². The largest absolute Gasteiger partial charge is 0.482 e. The minimum atomic E-state index is -1.03. The number of ether oxygens (including phenoxy) is 1. The lowest BCUT2D eigenvalue weighted by molar-refractivity contribution is -0.139. The van der Waals surface area contributed by atoms with E-state index in [9.17, 15) is 9.59 Å². The van der Waals surface area contributed by atoms with Crippen molar-refractivity contribution in [2.45, 2.75) is 40.7 Å². The van der Waals surface area contributed by atoms with Gasteiger partial charge in [-0.05, 0) is 64.4 Å². The number of anilines is 1. The van der Waals surface area contributed by atoms with Crippen LogP contribution in [-0.2, 0) is 4.79 Å². The average molecular weight is 344 g/mol. The molecule has 0 bridgehead atoms. The summed E-state index contributed by atoms with van der Waals surface area (Å²) in [6, 6.07) is 7.24. The Labute approximate surface area is 147 Å². The maximum Gasteiger partial charge on any atom is 0.341 e. The summed E-state index contributed by atoms with van der Waals surface area (Å²) in [5.74, 6) is -0.742. The van der Waals surface area contributed by atoms with Gasteiger partial charge in [0.15, 0.2) is 6.61 Å². The summed E-state index contributed by atoms with van der Waals surface area (Å²) in [6.45, 7) is 9.54. The summed E-state index contributed by atoms with van der Waals surface area (Å²) in [4.78, 5) is 23.2. The second-order valence-corrected chi connectivity index (χ2v) is 6.36. The first kappa shape index (κ1) is 18.6. The predicted octanol–water partition coefficient (Wildman–Crippen LogP) is 3.71. The fourth-order valence-electron chi connectivity index (χ4n) is 3.00. The third-order valence-corrected chi connectivity index (χ3v) is 4.05. The lowest BCUT2D eigenvalue weighted by Gasteiger charge is -2.14. The van der Waals surface area contributed by atoms with E-state index < -0.39 is 12.6 Å². The van der Waals surface area contributed by atoms with Crippen LogP contribution in [0.25, 0.3) is 0 Å². The molecule has 0 saturated carbocycles. The number of carbonyl (C=O) groups is 2. The van der Waals surface area contributed by atoms with Gasteiger partial charge < -0.3 is 19.7 Å². The van der Waals surface area contributed by atoms with Crippen molar-refractivity contribution in [1.29, 1.82) is 0 Å². The van der Waals surface area contributed by atoms with Gasteiger partial charge in [0.2, 0.25) is 0 Å². The number of rotatable bonds is 6. The van der Waals surface area contributed by atoms with Crippen LogP contribution in [0, 0.1) is 20.8 Å². The molecule has 2 rings (SSSR count). The number of benzene rings is 1. The van der Waals surface area contributed by atoms with Gasteiger partial charge >= 0.3 is 5.97 Å². The van der Waals surface area contributed by atoms with Crippen LogP contribution in [0.3, 0.4) is 0 Å². The maximum atomic E-state index is 12.6. The molecular formula is C19H24N2O4. The van der Waals surface area contributed by atoms with Gasteiger partial charge in [-0.3, -0.25) is 4.79 Å². The molecule has 1 aromatic carbocycles. The number of aliphatic carboxylic acids is 1. The van der Waals surface area contributed by atoms with Gasteiger partial charge in [0.25, 0.3) is 5.91 Å². The number of carboxylic acids is 1. The van der Waals surface area contributed by atoms with Crippen molar-refractivity contribution in [3.8, 4) is 5.75 Å². The smallest absolute Gasteiger partial charge is 0.341 e. The van der Waals surface area contributed by atoms with Crippen LogP contribution < -0.4 is 10.1 Å². The molecule has 0 unspecified atom stereocenters. The van der Waals surface area contributed by atoms with Gasteiger partial charge in [0.05, 0.1) is 5.56 Å². The average Bonchev–Trinajstić information content (AvgIpc) is 2.82. The Hall–Kier alpha value is -2.76. The normalized spacial score (nSPS) is 10.8. The van der Waals surface area contributed by atoms with Crippen molar-refractivity contribution in [1.82, 2.24) is 4.57 Å². The monoisotopic (exact) mass is 344 g/mol. The van der Waals surface area contributed by atoms with Crippen LogP contribution in [0.5, 0.6) is 5.75 Å². The first-order valence-corrected chi connectivity index (χ1v) is 8.15. The number of hydrogen-bond acceptors (Lipinski definition) is 3. The Morgan fingerprint density at radius 1 is 1.20 bits per heavy atom. The number of amides is 1. The number of aromatic nitrogens is 1. The maximum absolute atomic E-state index is 12.6. The van der Waals surface area contributed by atoms with Gasteiger partial charge in [-0.1, -0.05) is 0 Å². The van der Waals surface area contributed by atoms with Crippen molar-refractivity contribution < 1.29 is 19.4 Å². The Bertz CT molecular complexity index is 806. The fourth-order valence-corrected chi connectivity index (χ4v) is 3.00. The van der Waals surface area contributed by atoms with Crippen LogP contribution in [0.15, 0.2) is 24.3 Å². The van der Waals surface area contributed by atoms with Gasteiger partial charge in [0.1, 0.15) is 5.75 Å². The van der Waals surface area contributed by atoms with E-state index in [2.05, 4.69) is 23.7 Å². The second-order valence-electron chi connectivity index (χ2n) is 6.36. The molecule has 6 nitrogen and oxygen atoms in total. The molecule has 0 saturated heterocycles. The lowest BCUT2D eigenvalue weighted by atomic mass is 10.1. The van der Waals surface area contributed by atoms with Crippen molar-refractivity contribution in [2.24, 2.45) is 0 Å². The zero-order valence-electron chi connectivity index (χ0n) is 15.2. The van der Waals surface area contributed by atoms with E-state index in [0.717, 1.165) is 17.0 Å². The molecule has 0 atom stereocenters. The molecule has 25 heavy (non-hydrogen) atoms. The summed E-state index contributed by atoms with van der Waals surface area (Å²) in [7, 11) is 0. The van der Waals surface area contributed by atoms with E-state index in [4.69, 9.17) is 9.84 Å². The summed E-state index contributed by atoms with van der Waals surface area (Å²) in [5.41, 5.74) is 4.10. The van der Waals surface area contributed by atoms with Crippen LogP contribution >= 0.6 is 0 Å². The molecule has 2 N–H and O–H groups in total. The van der Waals surface area contributed by atoms with Crippen molar-refractivity contribution in [2.75, 3.05) is 11.9 Å². The van der Waals surface area contributed by atoms with E-state index in [0.29, 0.717) is 17.0 Å². The summed E-state index contributed by atoms with van der Waals surface area (Å²) in [5, 5.41) is 11.6. The quantitative estimate of drug-likeness (QED) is 0.837. The van der Waals surface area contributed by atoms with E-state index in [1.165, 1.54) is 0 Å².